The second kappa shape index (κ2) is 9.82. The van der Waals surface area contributed by atoms with Gasteiger partial charge in [0, 0.05) is 17.3 Å². The summed E-state index contributed by atoms with van der Waals surface area (Å²) in [7, 11) is -1.37. The van der Waals surface area contributed by atoms with Crippen LogP contribution in [0.1, 0.15) is 0 Å². The average Bonchev–Trinajstić information content (AvgIpc) is 2.83. The minimum Gasteiger partial charge on any atom is -0.493 e. The van der Waals surface area contributed by atoms with Crippen molar-refractivity contribution in [2.24, 2.45) is 0 Å². The van der Waals surface area contributed by atoms with E-state index in [1.165, 1.54) is 50.6 Å². The van der Waals surface area contributed by atoms with Gasteiger partial charge in [0.1, 0.15) is 27.7 Å². The van der Waals surface area contributed by atoms with Crippen molar-refractivity contribution in [3.63, 3.8) is 0 Å². The minimum absolute atomic E-state index is 0.107. The summed E-state index contributed by atoms with van der Waals surface area (Å²) in [6.07, 6.45) is -3.50. The highest BCUT2D eigenvalue weighted by molar-refractivity contribution is 7.92. The molecule has 0 amide bonds. The van der Waals surface area contributed by atoms with Gasteiger partial charge in [-0.1, -0.05) is 12.1 Å². The van der Waals surface area contributed by atoms with E-state index in [1.807, 2.05) is 0 Å². The summed E-state index contributed by atoms with van der Waals surface area (Å²) in [4.78, 5) is 3.68. The van der Waals surface area contributed by atoms with Crippen LogP contribution in [-0.4, -0.2) is 34.0 Å². The number of pyridine rings is 1. The molecule has 1 N–H and O–H groups in total. The van der Waals surface area contributed by atoms with E-state index in [0.29, 0.717) is 33.9 Å². The molecule has 0 spiro atoms. The molecule has 8 nitrogen and oxygen atoms in total. The van der Waals surface area contributed by atoms with E-state index in [-0.39, 0.29) is 5.69 Å². The Morgan fingerprint density at radius 3 is 2.22 bits per heavy atom. The van der Waals surface area contributed by atoms with Gasteiger partial charge in [0.15, 0.2) is 11.5 Å². The normalized spacial score (nSPS) is 11.7. The average molecular weight is 520 g/mol. The van der Waals surface area contributed by atoms with E-state index in [4.69, 9.17) is 14.2 Å². The van der Waals surface area contributed by atoms with Crippen molar-refractivity contribution in [3.05, 3.63) is 72.9 Å². The molecule has 12 heteroatoms. The number of methoxy groups -OCH3 is 2. The van der Waals surface area contributed by atoms with Crippen LogP contribution in [0.2, 0.25) is 0 Å². The van der Waals surface area contributed by atoms with Crippen molar-refractivity contribution in [2.45, 2.75) is 11.3 Å². The van der Waals surface area contributed by atoms with Crippen LogP contribution < -0.4 is 23.7 Å². The lowest BCUT2D eigenvalue weighted by Gasteiger charge is -2.15. The van der Waals surface area contributed by atoms with E-state index < -0.39 is 27.0 Å². The Labute approximate surface area is 204 Å². The van der Waals surface area contributed by atoms with Crippen LogP contribution in [0.5, 0.6) is 28.7 Å². The number of fused-ring (bicyclic) bond motifs is 1. The van der Waals surface area contributed by atoms with Gasteiger partial charge >= 0.3 is 6.36 Å². The van der Waals surface area contributed by atoms with Crippen LogP contribution in [0.3, 0.4) is 0 Å². The van der Waals surface area contributed by atoms with E-state index >= 15 is 0 Å². The van der Waals surface area contributed by atoms with Gasteiger partial charge in [0.2, 0.25) is 0 Å². The number of rotatable bonds is 8. The Kier molecular flexibility index (Phi) is 6.80. The third-order valence-electron chi connectivity index (χ3n) is 4.91. The third kappa shape index (κ3) is 5.38. The topological polar surface area (TPSA) is 96.0 Å². The highest BCUT2D eigenvalue weighted by Crippen LogP contribution is 2.39. The number of ether oxygens (including phenoxy) is 4. The maximum Gasteiger partial charge on any atom is 0.573 e. The molecule has 0 radical (unpaired) electrons. The van der Waals surface area contributed by atoms with Gasteiger partial charge < -0.3 is 18.9 Å². The van der Waals surface area contributed by atoms with Gasteiger partial charge in [-0.2, -0.15) is 0 Å². The van der Waals surface area contributed by atoms with Crippen molar-refractivity contribution in [3.8, 4) is 28.7 Å². The summed E-state index contributed by atoms with van der Waals surface area (Å²) < 4.78 is 86.2. The number of benzene rings is 3. The van der Waals surface area contributed by atoms with Crippen LogP contribution >= 0.6 is 0 Å². The fourth-order valence-corrected chi connectivity index (χ4v) is 4.59. The number of nitrogens with one attached hydrogen (secondary N) is 1. The number of nitrogens with zero attached hydrogens (tertiary/aromatic N) is 1. The van der Waals surface area contributed by atoms with Gasteiger partial charge in [0.05, 0.1) is 14.2 Å². The van der Waals surface area contributed by atoms with Crippen molar-refractivity contribution in [1.82, 2.24) is 4.98 Å². The molecule has 0 unspecified atom stereocenters. The first kappa shape index (κ1) is 24.9. The van der Waals surface area contributed by atoms with Gasteiger partial charge in [-0.15, -0.1) is 13.2 Å². The second-order valence-electron chi connectivity index (χ2n) is 7.23. The zero-order valence-electron chi connectivity index (χ0n) is 18.9. The van der Waals surface area contributed by atoms with Crippen LogP contribution in [-0.2, 0) is 10.0 Å². The number of halogens is 3. The molecule has 0 atom stereocenters. The van der Waals surface area contributed by atoms with Crippen molar-refractivity contribution in [2.75, 3.05) is 18.9 Å². The summed E-state index contributed by atoms with van der Waals surface area (Å²) in [5.74, 6) is 0.955. The molecule has 0 fully saturated rings. The molecule has 4 aromatic rings. The molecule has 0 bridgehead atoms. The number of hydrogen-bond acceptors (Lipinski definition) is 7. The van der Waals surface area contributed by atoms with Crippen LogP contribution in [0.15, 0.2) is 77.8 Å². The molecule has 3 aromatic carbocycles. The quantitative estimate of drug-likeness (QED) is 0.316. The Balaban J connectivity index is 1.56. The van der Waals surface area contributed by atoms with Crippen LogP contribution in [0.4, 0.5) is 18.9 Å². The zero-order chi connectivity index (χ0) is 25.9. The van der Waals surface area contributed by atoms with Gasteiger partial charge in [0.25, 0.3) is 10.0 Å². The smallest absolute Gasteiger partial charge is 0.493 e. The van der Waals surface area contributed by atoms with Crippen LogP contribution in [0, 0.1) is 0 Å². The lowest BCUT2D eigenvalue weighted by atomic mass is 10.1. The first-order valence-electron chi connectivity index (χ1n) is 10.3. The largest absolute Gasteiger partial charge is 0.573 e. The van der Waals surface area contributed by atoms with Crippen molar-refractivity contribution >= 4 is 26.6 Å². The number of sulfonamides is 1. The standard InChI is InChI=1S/C24H19F3N2O6S/c1-32-20-12-11-17-18(13-14-28-22(17)23(20)33-2)34-16-9-7-15(8-10-16)29-36(30,31)21-6-4-3-5-19(21)35-24(25,26)27/h3-14,29H,1-2H3. The molecule has 4 rings (SSSR count). The van der Waals surface area contributed by atoms with Gasteiger partial charge in [-0.05, 0) is 54.6 Å². The zero-order valence-corrected chi connectivity index (χ0v) is 19.7. The lowest BCUT2D eigenvalue weighted by molar-refractivity contribution is -0.275. The Bertz CT molecular complexity index is 1490. The summed E-state index contributed by atoms with van der Waals surface area (Å²) in [5.41, 5.74) is 0.633. The molecule has 188 valence electrons. The summed E-state index contributed by atoms with van der Waals surface area (Å²) >= 11 is 0. The van der Waals surface area contributed by atoms with E-state index in [2.05, 4.69) is 14.4 Å². The van der Waals surface area contributed by atoms with Crippen molar-refractivity contribution in [1.29, 1.82) is 0 Å². The van der Waals surface area contributed by atoms with Crippen molar-refractivity contribution < 1.29 is 40.5 Å². The maximum absolute atomic E-state index is 12.7. The molecule has 36 heavy (non-hydrogen) atoms. The SMILES string of the molecule is COc1ccc2c(Oc3ccc(NS(=O)(=O)c4ccccc4OC(F)(F)F)cc3)ccnc2c1OC. The number of alkyl halides is 3. The third-order valence-corrected chi connectivity index (χ3v) is 6.33. The maximum atomic E-state index is 12.7. The number of aromatic nitrogens is 1. The first-order chi connectivity index (χ1) is 17.1. The summed E-state index contributed by atoms with van der Waals surface area (Å²) in [5, 5.41) is 0.654. The summed E-state index contributed by atoms with van der Waals surface area (Å²) in [6, 6.07) is 15.4. The number of anilines is 1. The fraction of sp³-hybridized carbons (Fsp3) is 0.125. The predicted molar refractivity (Wildman–Crippen MR) is 125 cm³/mol. The highest BCUT2D eigenvalue weighted by atomic mass is 32.2. The molecular weight excluding hydrogens is 501 g/mol. The molecule has 0 aliphatic heterocycles. The number of para-hydroxylation sites is 1. The lowest BCUT2D eigenvalue weighted by Crippen LogP contribution is -2.20. The molecule has 0 aliphatic rings. The van der Waals surface area contributed by atoms with Crippen LogP contribution in [0.25, 0.3) is 10.9 Å². The Morgan fingerprint density at radius 2 is 1.56 bits per heavy atom. The molecule has 0 aliphatic carbocycles. The minimum atomic E-state index is -5.04. The monoisotopic (exact) mass is 520 g/mol. The second-order valence-corrected chi connectivity index (χ2v) is 8.88. The highest BCUT2D eigenvalue weighted by Gasteiger charge is 2.34. The van der Waals surface area contributed by atoms with E-state index in [0.717, 1.165) is 12.1 Å². The van der Waals surface area contributed by atoms with Gasteiger partial charge in [-0.3, -0.25) is 9.71 Å². The van der Waals surface area contributed by atoms with Gasteiger partial charge in [-0.25, -0.2) is 8.42 Å². The fourth-order valence-electron chi connectivity index (χ4n) is 3.41. The molecule has 0 saturated carbocycles. The Morgan fingerprint density at radius 1 is 0.833 bits per heavy atom. The molecule has 1 aromatic heterocycles. The number of hydrogen-bond donors (Lipinski definition) is 1. The first-order valence-corrected chi connectivity index (χ1v) is 11.7. The summed E-state index contributed by atoms with van der Waals surface area (Å²) in [6.45, 7) is 0. The predicted octanol–water partition coefficient (Wildman–Crippen LogP) is 5.74. The molecular formula is C24H19F3N2O6S. The molecule has 0 saturated heterocycles. The van der Waals surface area contributed by atoms with E-state index in [1.54, 1.807) is 24.4 Å². The Hall–Kier alpha value is -4.19. The molecule has 1 heterocycles. The van der Waals surface area contributed by atoms with E-state index in [9.17, 15) is 21.6 Å².